The van der Waals surface area contributed by atoms with Crippen molar-refractivity contribution in [2.24, 2.45) is 0 Å². The minimum atomic E-state index is -4.27. The molecule has 0 heterocycles. The Morgan fingerprint density at radius 2 is 1.78 bits per heavy atom. The fourth-order valence-electron chi connectivity index (χ4n) is 1.11. The summed E-state index contributed by atoms with van der Waals surface area (Å²) in [5, 5.41) is 0. The van der Waals surface area contributed by atoms with E-state index in [0.717, 1.165) is 12.1 Å². The van der Waals surface area contributed by atoms with Gasteiger partial charge in [-0.05, 0) is 31.6 Å². The molecule has 0 bridgehead atoms. The molecule has 5 heteroatoms. The lowest BCUT2D eigenvalue weighted by molar-refractivity contribution is -0.352. The second-order valence-electron chi connectivity index (χ2n) is 3.82. The fraction of sp³-hybridized carbons (Fsp3) is 0.385. The molecule has 18 heavy (non-hydrogen) atoms. The molecule has 0 aromatic heterocycles. The van der Waals surface area contributed by atoms with Gasteiger partial charge < -0.3 is 10.3 Å². The van der Waals surface area contributed by atoms with Gasteiger partial charge in [-0.25, -0.2) is 8.42 Å². The second-order valence-corrected chi connectivity index (χ2v) is 5.20. The molecule has 0 fully saturated rings. The highest BCUT2D eigenvalue weighted by Crippen LogP contribution is 2.08. The first kappa shape index (κ1) is 16.8. The van der Waals surface area contributed by atoms with Crippen molar-refractivity contribution >= 4 is 10.1 Å². The Morgan fingerprint density at radius 3 is 2.17 bits per heavy atom. The monoisotopic (exact) mass is 271 g/mol. The molecule has 0 aliphatic carbocycles. The summed E-state index contributed by atoms with van der Waals surface area (Å²) in [7, 11) is -4.27. The predicted molar refractivity (Wildman–Crippen MR) is 70.9 cm³/mol. The molecule has 0 radical (unpaired) electrons. The molecule has 0 spiro atoms. The summed E-state index contributed by atoms with van der Waals surface area (Å²) in [5.74, 6) is 0. The Balaban J connectivity index is 0.000000360. The van der Waals surface area contributed by atoms with Crippen molar-refractivity contribution in [3.05, 3.63) is 42.0 Å². The normalized spacial score (nSPS) is 11.1. The van der Waals surface area contributed by atoms with Gasteiger partial charge in [-0.1, -0.05) is 37.1 Å². The Bertz CT molecular complexity index is 450. The quantitative estimate of drug-likeness (QED) is 0.665. The number of allylic oxidation sites excluding steroid dienone is 1. The first-order valence-electron chi connectivity index (χ1n) is 5.88. The summed E-state index contributed by atoms with van der Waals surface area (Å²) < 4.78 is 31.2. The summed E-state index contributed by atoms with van der Waals surface area (Å²) in [4.78, 5) is -0.178. The van der Waals surface area contributed by atoms with Gasteiger partial charge in [-0.3, -0.25) is 0 Å². The smallest absolute Gasteiger partial charge is 0.124 e. The van der Waals surface area contributed by atoms with Crippen LogP contribution in [0, 0.1) is 6.92 Å². The van der Waals surface area contributed by atoms with Crippen molar-refractivity contribution in [1.29, 1.82) is 0 Å². The predicted octanol–water partition coefficient (Wildman–Crippen LogP) is 1.48. The zero-order valence-electron chi connectivity index (χ0n) is 10.9. The molecular weight excluding hydrogens is 250 g/mol. The summed E-state index contributed by atoms with van der Waals surface area (Å²) >= 11 is 0. The zero-order chi connectivity index (χ0) is 14.0. The van der Waals surface area contributed by atoms with Crippen molar-refractivity contribution < 1.29 is 18.7 Å². The molecular formula is C13H21NO3S. The van der Waals surface area contributed by atoms with Crippen LogP contribution in [0.5, 0.6) is 0 Å². The van der Waals surface area contributed by atoms with Crippen LogP contribution in [0.1, 0.15) is 25.3 Å². The van der Waals surface area contributed by atoms with Gasteiger partial charge in [0.2, 0.25) is 0 Å². The van der Waals surface area contributed by atoms with E-state index < -0.39 is 10.1 Å². The van der Waals surface area contributed by atoms with Crippen molar-refractivity contribution in [2.75, 3.05) is 6.54 Å². The van der Waals surface area contributed by atoms with E-state index in [9.17, 15) is 13.0 Å². The van der Waals surface area contributed by atoms with Gasteiger partial charge in [-0.2, -0.15) is 0 Å². The molecule has 0 amide bonds. The van der Waals surface area contributed by atoms with E-state index in [-0.39, 0.29) is 4.90 Å². The molecule has 0 atom stereocenters. The molecule has 1 rings (SSSR count). The van der Waals surface area contributed by atoms with Gasteiger partial charge in [0.15, 0.2) is 0 Å². The van der Waals surface area contributed by atoms with Gasteiger partial charge in [0.05, 0.1) is 11.4 Å². The average Bonchev–Trinajstić information content (AvgIpc) is 2.30. The molecule has 0 aliphatic rings. The van der Waals surface area contributed by atoms with E-state index in [1.165, 1.54) is 25.0 Å². The van der Waals surface area contributed by atoms with Crippen LogP contribution in [0.2, 0.25) is 0 Å². The van der Waals surface area contributed by atoms with Crippen LogP contribution < -0.4 is 5.73 Å². The third-order valence-electron chi connectivity index (χ3n) is 2.10. The van der Waals surface area contributed by atoms with E-state index in [1.807, 2.05) is 6.92 Å². The van der Waals surface area contributed by atoms with Crippen LogP contribution in [0.25, 0.3) is 0 Å². The highest BCUT2D eigenvalue weighted by Gasteiger charge is 1.97. The van der Waals surface area contributed by atoms with Gasteiger partial charge in [0.25, 0.3) is 0 Å². The number of aryl methyl sites for hydroxylation is 1. The van der Waals surface area contributed by atoms with Crippen LogP contribution in [0.3, 0.4) is 0 Å². The molecule has 102 valence electrons. The SMILES string of the molecule is CCC/C=C/C[NH3+].Cc1ccc(S(=O)(=O)[O-])cc1. The molecule has 3 N–H and O–H groups in total. The third kappa shape index (κ3) is 8.00. The zero-order valence-corrected chi connectivity index (χ0v) is 11.7. The molecule has 0 saturated carbocycles. The number of hydrogen-bond donors (Lipinski definition) is 1. The van der Waals surface area contributed by atoms with Crippen molar-refractivity contribution in [3.8, 4) is 0 Å². The molecule has 0 saturated heterocycles. The highest BCUT2D eigenvalue weighted by atomic mass is 32.2. The van der Waals surface area contributed by atoms with Crippen LogP contribution in [-0.2, 0) is 10.1 Å². The van der Waals surface area contributed by atoms with E-state index in [1.54, 1.807) is 12.1 Å². The Kier molecular flexibility index (Phi) is 8.28. The highest BCUT2D eigenvalue weighted by molar-refractivity contribution is 7.85. The average molecular weight is 271 g/mol. The lowest BCUT2D eigenvalue weighted by Crippen LogP contribution is -2.49. The molecule has 1 aromatic carbocycles. The van der Waals surface area contributed by atoms with E-state index in [4.69, 9.17) is 0 Å². The summed E-state index contributed by atoms with van der Waals surface area (Å²) in [6, 6.07) is 5.78. The minimum absolute atomic E-state index is 0.178. The topological polar surface area (TPSA) is 84.8 Å². The van der Waals surface area contributed by atoms with Gasteiger partial charge >= 0.3 is 0 Å². The minimum Gasteiger partial charge on any atom is -0.744 e. The Morgan fingerprint density at radius 1 is 1.22 bits per heavy atom. The van der Waals surface area contributed by atoms with Crippen molar-refractivity contribution in [3.63, 3.8) is 0 Å². The maximum atomic E-state index is 10.4. The molecule has 1 aromatic rings. The van der Waals surface area contributed by atoms with Crippen LogP contribution in [0.15, 0.2) is 41.3 Å². The van der Waals surface area contributed by atoms with E-state index >= 15 is 0 Å². The van der Waals surface area contributed by atoms with E-state index in [0.29, 0.717) is 0 Å². The number of benzene rings is 1. The first-order valence-corrected chi connectivity index (χ1v) is 7.29. The fourth-order valence-corrected chi connectivity index (χ4v) is 1.58. The molecule has 4 nitrogen and oxygen atoms in total. The second kappa shape index (κ2) is 8.85. The Labute approximate surface area is 109 Å². The standard InChI is InChI=1S/C7H8O3S.C6H13N/c1-6-2-4-7(5-3-6)11(8,9)10;1-2-3-4-5-6-7/h2-5H,1H3,(H,8,9,10);4-5H,2-3,6-7H2,1H3/b;5-4+. The van der Waals surface area contributed by atoms with Crippen LogP contribution in [-0.4, -0.2) is 19.5 Å². The Hall–Kier alpha value is -1.17. The molecule has 0 aliphatic heterocycles. The van der Waals surface area contributed by atoms with Crippen LogP contribution >= 0.6 is 0 Å². The maximum Gasteiger partial charge on any atom is 0.124 e. The van der Waals surface area contributed by atoms with Crippen molar-refractivity contribution in [2.45, 2.75) is 31.6 Å². The summed E-state index contributed by atoms with van der Waals surface area (Å²) in [6.07, 6.45) is 6.72. The van der Waals surface area contributed by atoms with Crippen molar-refractivity contribution in [1.82, 2.24) is 0 Å². The maximum absolute atomic E-state index is 10.4. The summed E-state index contributed by atoms with van der Waals surface area (Å²) in [5.41, 5.74) is 4.60. The lowest BCUT2D eigenvalue weighted by atomic mass is 10.2. The third-order valence-corrected chi connectivity index (χ3v) is 2.95. The van der Waals surface area contributed by atoms with E-state index in [2.05, 4.69) is 24.8 Å². The number of unbranched alkanes of at least 4 members (excludes halogenated alkanes) is 1. The summed E-state index contributed by atoms with van der Waals surface area (Å²) in [6.45, 7) is 4.93. The van der Waals surface area contributed by atoms with Crippen LogP contribution in [0.4, 0.5) is 0 Å². The number of hydrogen-bond acceptors (Lipinski definition) is 3. The molecule has 0 unspecified atom stereocenters. The van der Waals surface area contributed by atoms with Gasteiger partial charge in [-0.15, -0.1) is 0 Å². The largest absolute Gasteiger partial charge is 0.744 e. The number of quaternary nitrogens is 1. The first-order chi connectivity index (χ1) is 8.41. The van der Waals surface area contributed by atoms with Gasteiger partial charge in [0, 0.05) is 0 Å². The van der Waals surface area contributed by atoms with Gasteiger partial charge in [0.1, 0.15) is 10.1 Å². The lowest BCUT2D eigenvalue weighted by Gasteiger charge is -2.05. The number of rotatable bonds is 4.